The van der Waals surface area contributed by atoms with Crippen molar-refractivity contribution < 1.29 is 90.4 Å². The van der Waals surface area contributed by atoms with Crippen molar-refractivity contribution in [1.29, 1.82) is 0 Å². The molecule has 0 unspecified atom stereocenters. The van der Waals surface area contributed by atoms with Crippen molar-refractivity contribution in [3.8, 4) is 45.4 Å². The van der Waals surface area contributed by atoms with E-state index in [1.54, 1.807) is 0 Å². The summed E-state index contributed by atoms with van der Waals surface area (Å²) in [4.78, 5) is 23.1. The number of rotatable bonds is 12. The lowest BCUT2D eigenvalue weighted by molar-refractivity contribution is -0.291. The first-order valence-corrected chi connectivity index (χ1v) is 17.7. The van der Waals surface area contributed by atoms with E-state index in [2.05, 4.69) is 34.6 Å². The van der Waals surface area contributed by atoms with Crippen LogP contribution in [0.25, 0.3) is 33.9 Å². The molecule has 0 saturated heterocycles. The molecule has 0 radical (unpaired) electrons. The van der Waals surface area contributed by atoms with Crippen molar-refractivity contribution in [3.05, 3.63) is 93.7 Å². The number of esters is 1. The normalized spacial score (nSPS) is 12.4. The lowest BCUT2D eigenvalue weighted by Gasteiger charge is -2.18. The summed E-state index contributed by atoms with van der Waals surface area (Å²) in [5.74, 6) is -17.8. The van der Waals surface area contributed by atoms with Crippen molar-refractivity contribution >= 4 is 35.1 Å². The van der Waals surface area contributed by atoms with Crippen LogP contribution in [0.1, 0.15) is 32.1 Å². The molecule has 0 bridgehead atoms. The zero-order valence-corrected chi connectivity index (χ0v) is 33.6. The minimum Gasteiger partial charge on any atom is -0.478 e. The molecule has 0 aliphatic carbocycles. The molecule has 0 spiro atoms. The van der Waals surface area contributed by atoms with Crippen LogP contribution in [0.4, 0.5) is 61.5 Å². The van der Waals surface area contributed by atoms with E-state index in [0.717, 1.165) is 56.7 Å². The number of hydrogen-bond acceptors (Lipinski definition) is 9. The summed E-state index contributed by atoms with van der Waals surface area (Å²) < 4.78 is 199. The van der Waals surface area contributed by atoms with Crippen LogP contribution in [0.15, 0.2) is 61.2 Å². The van der Waals surface area contributed by atoms with Gasteiger partial charge in [0.2, 0.25) is 0 Å². The SMILES string of the molecule is COC(=O)c1cc(-c2cnn(-c3c(OC(F)F)c(C(F)(F)C(F)(F)F)nn3C)c2)ccc1Cl.Cn1nc(C(F)(F)C(F)(F)F)c(OC(F)F)c1-n1cc(-c2ccc(Cl)c(C(=O)O)c2)cn1. The lowest BCUT2D eigenvalue weighted by Crippen LogP contribution is -2.34. The van der Waals surface area contributed by atoms with Gasteiger partial charge in [0.05, 0.1) is 40.7 Å². The Labute approximate surface area is 362 Å². The van der Waals surface area contributed by atoms with Gasteiger partial charge < -0.3 is 19.3 Å². The maximum absolute atomic E-state index is 13.9. The van der Waals surface area contributed by atoms with Gasteiger partial charge in [-0.1, -0.05) is 35.3 Å². The van der Waals surface area contributed by atoms with Gasteiger partial charge in [-0.3, -0.25) is 0 Å². The number of carbonyl (C=O) groups is 2. The zero-order valence-electron chi connectivity index (χ0n) is 32.0. The Morgan fingerprint density at radius 3 is 1.34 bits per heavy atom. The molecule has 2 aromatic carbocycles. The Kier molecular flexibility index (Phi) is 13.8. The van der Waals surface area contributed by atoms with Crippen LogP contribution in [-0.4, -0.2) is 88.9 Å². The zero-order chi connectivity index (χ0) is 48.7. The number of aryl methyl sites for hydroxylation is 2. The van der Waals surface area contributed by atoms with E-state index in [0.29, 0.717) is 19.6 Å². The Bertz CT molecular complexity index is 2730. The average Bonchev–Trinajstić information content (AvgIpc) is 4.00. The maximum Gasteiger partial charge on any atom is 0.459 e. The Morgan fingerprint density at radius 1 is 0.631 bits per heavy atom. The van der Waals surface area contributed by atoms with Gasteiger partial charge in [-0.25, -0.2) is 28.3 Å². The number of methoxy groups -OCH3 is 1. The molecular formula is C35H22Cl2F14N8O6. The van der Waals surface area contributed by atoms with Crippen LogP contribution < -0.4 is 9.47 Å². The molecule has 4 aromatic heterocycles. The molecule has 65 heavy (non-hydrogen) atoms. The first-order valence-electron chi connectivity index (χ1n) is 17.0. The minimum atomic E-state index is -6.13. The summed E-state index contributed by atoms with van der Waals surface area (Å²) in [6.07, 6.45) is -7.83. The van der Waals surface area contributed by atoms with E-state index >= 15 is 0 Å². The number of aromatic carboxylic acids is 1. The molecular weight excluding hydrogens is 965 g/mol. The van der Waals surface area contributed by atoms with Gasteiger partial charge in [-0.2, -0.15) is 81.9 Å². The molecule has 30 heteroatoms. The van der Waals surface area contributed by atoms with Gasteiger partial charge in [0.25, 0.3) is 0 Å². The van der Waals surface area contributed by atoms with Crippen LogP contribution in [0.3, 0.4) is 0 Å². The number of carboxylic acid groups (broad SMARTS) is 1. The number of carbonyl (C=O) groups excluding carboxylic acids is 1. The number of ether oxygens (including phenoxy) is 3. The first-order chi connectivity index (χ1) is 30.0. The van der Waals surface area contributed by atoms with E-state index in [4.69, 9.17) is 28.3 Å². The second-order valence-electron chi connectivity index (χ2n) is 12.7. The highest BCUT2D eigenvalue weighted by atomic mass is 35.5. The fraction of sp³-hybridized carbons (Fsp3) is 0.257. The first kappa shape index (κ1) is 49.4. The molecule has 0 amide bonds. The van der Waals surface area contributed by atoms with Gasteiger partial charge in [-0.15, -0.1) is 0 Å². The second kappa shape index (κ2) is 18.1. The third kappa shape index (κ3) is 9.91. The van der Waals surface area contributed by atoms with Crippen LogP contribution >= 0.6 is 23.2 Å². The summed E-state index contributed by atoms with van der Waals surface area (Å²) in [5.41, 5.74) is -3.46. The largest absolute Gasteiger partial charge is 0.478 e. The van der Waals surface area contributed by atoms with Crippen molar-refractivity contribution in [3.63, 3.8) is 0 Å². The van der Waals surface area contributed by atoms with Crippen LogP contribution in [0, 0.1) is 0 Å². The Hall–Kier alpha value is -6.58. The quantitative estimate of drug-likeness (QED) is 0.0926. The second-order valence-corrected chi connectivity index (χ2v) is 13.5. The molecule has 0 atom stereocenters. The maximum atomic E-state index is 13.9. The molecule has 1 N–H and O–H groups in total. The molecule has 6 rings (SSSR count). The predicted octanol–water partition coefficient (Wildman–Crippen LogP) is 9.85. The highest BCUT2D eigenvalue weighted by Gasteiger charge is 2.64. The van der Waals surface area contributed by atoms with Crippen molar-refractivity contribution in [2.45, 2.75) is 37.4 Å². The molecule has 0 aliphatic heterocycles. The number of aromatic nitrogens is 8. The van der Waals surface area contributed by atoms with E-state index < -0.39 is 83.9 Å². The number of hydrogen-bond donors (Lipinski definition) is 1. The molecule has 6 aromatic rings. The van der Waals surface area contributed by atoms with Crippen LogP contribution in [-0.2, 0) is 30.7 Å². The van der Waals surface area contributed by atoms with Crippen molar-refractivity contribution in [2.24, 2.45) is 14.1 Å². The highest BCUT2D eigenvalue weighted by molar-refractivity contribution is 6.34. The smallest absolute Gasteiger partial charge is 0.459 e. The third-order valence-electron chi connectivity index (χ3n) is 8.50. The number of nitrogens with zero attached hydrogens (tertiary/aromatic N) is 8. The third-order valence-corrected chi connectivity index (χ3v) is 9.16. The summed E-state index contributed by atoms with van der Waals surface area (Å²) in [7, 11) is 3.00. The van der Waals surface area contributed by atoms with Crippen molar-refractivity contribution in [1.82, 2.24) is 39.1 Å². The topological polar surface area (TPSA) is 153 Å². The molecule has 4 heterocycles. The fourth-order valence-electron chi connectivity index (χ4n) is 5.59. The van der Waals surface area contributed by atoms with E-state index in [9.17, 15) is 71.1 Å². The minimum absolute atomic E-state index is 0.0150. The Morgan fingerprint density at radius 2 is 1.00 bits per heavy atom. The fourth-order valence-corrected chi connectivity index (χ4v) is 5.98. The van der Waals surface area contributed by atoms with Gasteiger partial charge >= 0.3 is 49.4 Å². The van der Waals surface area contributed by atoms with E-state index in [1.807, 2.05) is 0 Å². The van der Waals surface area contributed by atoms with Crippen LogP contribution in [0.5, 0.6) is 11.5 Å². The van der Waals surface area contributed by atoms with Gasteiger partial charge in [0.15, 0.2) is 34.5 Å². The summed E-state index contributed by atoms with van der Waals surface area (Å²) >= 11 is 11.7. The monoisotopic (exact) mass is 986 g/mol. The average molecular weight is 987 g/mol. The lowest BCUT2D eigenvalue weighted by atomic mass is 10.1. The van der Waals surface area contributed by atoms with Gasteiger partial charge in [0.1, 0.15) is 0 Å². The molecule has 14 nitrogen and oxygen atoms in total. The Balaban J connectivity index is 0.000000244. The summed E-state index contributed by atoms with van der Waals surface area (Å²) in [5, 5.41) is 22.8. The van der Waals surface area contributed by atoms with Gasteiger partial charge in [0, 0.05) is 37.6 Å². The van der Waals surface area contributed by atoms with E-state index in [1.165, 1.54) is 30.3 Å². The molecule has 350 valence electrons. The number of alkyl halides is 14. The van der Waals surface area contributed by atoms with Crippen molar-refractivity contribution in [2.75, 3.05) is 7.11 Å². The van der Waals surface area contributed by atoms with Crippen LogP contribution in [0.2, 0.25) is 10.0 Å². The molecule has 0 aliphatic rings. The summed E-state index contributed by atoms with van der Waals surface area (Å²) in [6, 6.07) is 7.94. The number of carboxylic acids is 1. The van der Waals surface area contributed by atoms with E-state index in [-0.39, 0.29) is 37.9 Å². The predicted molar refractivity (Wildman–Crippen MR) is 193 cm³/mol. The molecule has 0 fully saturated rings. The number of benzene rings is 2. The standard InChI is InChI=1S/C18H12ClF7N4O3.C17H10ClF7N4O3/c1-29-14(12(33-16(20)21)13(28-29)17(22,23)18(24,25)26)30-7-9(6-27-30)8-3-4-11(19)10(5-8)15(31)32-2;1-28-13(11(32-15(19)20)12(27-28)16(21,22)17(23,24)25)29-6-8(5-26-29)7-2-3-10(18)9(4-7)14(30)31/h3-7,16H,1-2H3;2-6,15H,1H3,(H,30,31). The van der Waals surface area contributed by atoms with Gasteiger partial charge in [-0.05, 0) is 35.4 Å². The molecule has 0 saturated carbocycles. The summed E-state index contributed by atoms with van der Waals surface area (Å²) in [6.45, 7) is -7.48. The number of halogens is 16. The highest BCUT2D eigenvalue weighted by Crippen LogP contribution is 2.50.